The van der Waals surface area contributed by atoms with Gasteiger partial charge in [0.1, 0.15) is 12.2 Å². The maximum atomic E-state index is 12.6. The van der Waals surface area contributed by atoms with Gasteiger partial charge in [-0.1, -0.05) is 36.4 Å². The Bertz CT molecular complexity index is 1040. The highest BCUT2D eigenvalue weighted by molar-refractivity contribution is 7.80. The van der Waals surface area contributed by atoms with Crippen LogP contribution in [0, 0.1) is 0 Å². The summed E-state index contributed by atoms with van der Waals surface area (Å²) in [6, 6.07) is 13.4. The number of allylic oxidation sites excluding steroid dienone is 1. The van der Waals surface area contributed by atoms with Crippen LogP contribution < -0.4 is 9.47 Å². The summed E-state index contributed by atoms with van der Waals surface area (Å²) in [5, 5.41) is 0.168. The second-order valence-corrected chi connectivity index (χ2v) is 7.41. The average Bonchev–Trinajstić information content (AvgIpc) is 2.79. The number of thiocarbonyl (C=S) groups is 1. The Morgan fingerprint density at radius 2 is 1.71 bits per heavy atom. The summed E-state index contributed by atoms with van der Waals surface area (Å²) >= 11 is 5.14. The van der Waals surface area contributed by atoms with Crippen LogP contribution >= 0.6 is 12.2 Å². The molecule has 0 N–H and O–H groups in total. The van der Waals surface area contributed by atoms with Crippen molar-refractivity contribution < 1.29 is 19.1 Å². The van der Waals surface area contributed by atoms with Gasteiger partial charge in [0.25, 0.3) is 11.8 Å². The molecule has 1 saturated heterocycles. The summed E-state index contributed by atoms with van der Waals surface area (Å²) in [7, 11) is 4.65. The maximum absolute atomic E-state index is 12.6. The topological polar surface area (TPSA) is 59.1 Å². The number of likely N-dealkylation sites (N-methyl/N-ethyl adjacent to an activating group) is 2. The monoisotopic (exact) mass is 436 g/mol. The molecule has 7 heteroatoms. The highest BCUT2D eigenvalue weighted by atomic mass is 32.1. The molecule has 2 aromatic rings. The van der Waals surface area contributed by atoms with Crippen molar-refractivity contribution in [2.24, 2.45) is 0 Å². The Labute approximate surface area is 187 Å². The summed E-state index contributed by atoms with van der Waals surface area (Å²) in [5.41, 5.74) is 2.54. The fourth-order valence-corrected chi connectivity index (χ4v) is 3.43. The van der Waals surface area contributed by atoms with Gasteiger partial charge in [0.2, 0.25) is 0 Å². The van der Waals surface area contributed by atoms with Gasteiger partial charge >= 0.3 is 0 Å². The molecule has 0 atom stereocenters. The molecular weight excluding hydrogens is 412 g/mol. The van der Waals surface area contributed by atoms with Gasteiger partial charge in [-0.15, -0.1) is 6.58 Å². The van der Waals surface area contributed by atoms with E-state index in [9.17, 15) is 9.59 Å². The van der Waals surface area contributed by atoms with E-state index in [4.69, 9.17) is 21.7 Å². The number of hydrogen-bond donors (Lipinski definition) is 0. The van der Waals surface area contributed by atoms with Crippen molar-refractivity contribution in [2.45, 2.75) is 13.0 Å². The van der Waals surface area contributed by atoms with E-state index >= 15 is 0 Å². The molecule has 1 aliphatic rings. The van der Waals surface area contributed by atoms with E-state index in [2.05, 4.69) is 6.58 Å². The molecule has 1 heterocycles. The van der Waals surface area contributed by atoms with Crippen molar-refractivity contribution in [3.8, 4) is 11.5 Å². The predicted octanol–water partition coefficient (Wildman–Crippen LogP) is 3.60. The highest BCUT2D eigenvalue weighted by Gasteiger charge is 2.35. The fraction of sp³-hybridized carbons (Fsp3) is 0.208. The van der Waals surface area contributed by atoms with Gasteiger partial charge in [0.15, 0.2) is 16.6 Å². The van der Waals surface area contributed by atoms with Gasteiger partial charge in [-0.05, 0) is 48.0 Å². The van der Waals surface area contributed by atoms with Gasteiger partial charge in [0.05, 0.1) is 7.11 Å². The Morgan fingerprint density at radius 3 is 2.29 bits per heavy atom. The summed E-state index contributed by atoms with van der Waals surface area (Å²) in [5.74, 6) is 0.226. The van der Waals surface area contributed by atoms with Gasteiger partial charge in [-0.3, -0.25) is 19.4 Å². The first kappa shape index (κ1) is 22.2. The maximum Gasteiger partial charge on any atom is 0.265 e. The minimum atomic E-state index is -0.443. The molecule has 31 heavy (non-hydrogen) atoms. The van der Waals surface area contributed by atoms with Crippen molar-refractivity contribution in [1.29, 1.82) is 0 Å². The van der Waals surface area contributed by atoms with Crippen LogP contribution in [0.15, 0.2) is 60.7 Å². The third kappa shape index (κ3) is 4.67. The lowest BCUT2D eigenvalue weighted by molar-refractivity contribution is -0.132. The Hall–Kier alpha value is -3.45. The van der Waals surface area contributed by atoms with Crippen LogP contribution in [0.2, 0.25) is 0 Å². The summed E-state index contributed by atoms with van der Waals surface area (Å²) < 4.78 is 11.6. The lowest BCUT2D eigenvalue weighted by atomic mass is 10.0. The van der Waals surface area contributed by atoms with E-state index in [1.807, 2.05) is 36.4 Å². The SMILES string of the molecule is C=CCc1cc(C=C2C(=O)N(C)C(=S)N(C)C2=O)cc(OC)c1OCc1ccccc1. The second kappa shape index (κ2) is 9.57. The van der Waals surface area contributed by atoms with Gasteiger partial charge in [-0.25, -0.2) is 0 Å². The Balaban J connectivity index is 2.00. The van der Waals surface area contributed by atoms with Crippen molar-refractivity contribution in [3.05, 3.63) is 77.4 Å². The molecule has 3 rings (SSSR count). The minimum Gasteiger partial charge on any atom is -0.493 e. The van der Waals surface area contributed by atoms with Gasteiger partial charge in [0, 0.05) is 19.7 Å². The molecule has 2 amide bonds. The van der Waals surface area contributed by atoms with Crippen LogP contribution in [0.5, 0.6) is 11.5 Å². The van der Waals surface area contributed by atoms with Crippen molar-refractivity contribution in [1.82, 2.24) is 9.80 Å². The first-order valence-corrected chi connectivity index (χ1v) is 10.1. The third-order valence-corrected chi connectivity index (χ3v) is 5.47. The van der Waals surface area contributed by atoms with Crippen LogP contribution in [0.25, 0.3) is 6.08 Å². The smallest absolute Gasteiger partial charge is 0.265 e. The average molecular weight is 437 g/mol. The predicted molar refractivity (Wildman–Crippen MR) is 124 cm³/mol. The van der Waals surface area contributed by atoms with Crippen LogP contribution in [0.3, 0.4) is 0 Å². The molecule has 0 radical (unpaired) electrons. The molecule has 0 spiro atoms. The molecule has 0 aliphatic carbocycles. The van der Waals surface area contributed by atoms with E-state index in [0.29, 0.717) is 30.1 Å². The second-order valence-electron chi connectivity index (χ2n) is 7.05. The number of carbonyl (C=O) groups is 2. The van der Waals surface area contributed by atoms with E-state index in [-0.39, 0.29) is 10.7 Å². The fourth-order valence-electron chi connectivity index (χ4n) is 3.26. The Morgan fingerprint density at radius 1 is 1.06 bits per heavy atom. The molecule has 0 saturated carbocycles. The molecule has 160 valence electrons. The van der Waals surface area contributed by atoms with Crippen LogP contribution in [-0.2, 0) is 22.6 Å². The van der Waals surface area contributed by atoms with Crippen molar-refractivity contribution in [3.63, 3.8) is 0 Å². The number of methoxy groups -OCH3 is 1. The minimum absolute atomic E-state index is 0.0307. The molecular formula is C24H24N2O4S. The number of rotatable bonds is 7. The van der Waals surface area contributed by atoms with Gasteiger partial charge in [-0.2, -0.15) is 0 Å². The molecule has 0 unspecified atom stereocenters. The summed E-state index contributed by atoms with van der Waals surface area (Å²) in [6.07, 6.45) is 3.84. The largest absolute Gasteiger partial charge is 0.493 e. The van der Waals surface area contributed by atoms with Crippen LogP contribution in [0.1, 0.15) is 16.7 Å². The number of carbonyl (C=O) groups excluding carboxylic acids is 2. The molecule has 1 fully saturated rings. The normalized spacial score (nSPS) is 14.0. The zero-order valence-corrected chi connectivity index (χ0v) is 18.6. The molecule has 0 aromatic heterocycles. The standard InChI is InChI=1S/C24H24N2O4S/c1-5-9-18-12-17(13-19-22(27)25(2)24(31)26(3)23(19)28)14-20(29-4)21(18)30-15-16-10-7-6-8-11-16/h5-8,10-14H,1,9,15H2,2-4H3. The first-order chi connectivity index (χ1) is 14.9. The quantitative estimate of drug-likeness (QED) is 0.287. The Kier molecular flexibility index (Phi) is 6.87. The number of hydrogen-bond acceptors (Lipinski definition) is 5. The molecule has 0 bridgehead atoms. The zero-order chi connectivity index (χ0) is 22.5. The first-order valence-electron chi connectivity index (χ1n) is 9.67. The summed E-state index contributed by atoms with van der Waals surface area (Å²) in [4.78, 5) is 27.8. The van der Waals surface area contributed by atoms with Gasteiger partial charge < -0.3 is 9.47 Å². The van der Waals surface area contributed by atoms with Crippen LogP contribution in [0.4, 0.5) is 0 Å². The number of nitrogens with zero attached hydrogens (tertiary/aromatic N) is 2. The zero-order valence-electron chi connectivity index (χ0n) is 17.8. The van der Waals surface area contributed by atoms with Crippen LogP contribution in [-0.4, -0.2) is 47.9 Å². The van der Waals surface area contributed by atoms with Crippen molar-refractivity contribution in [2.75, 3.05) is 21.2 Å². The third-order valence-electron chi connectivity index (χ3n) is 4.92. The lowest BCUT2D eigenvalue weighted by Gasteiger charge is -2.31. The van der Waals surface area contributed by atoms with E-state index in [0.717, 1.165) is 11.1 Å². The molecule has 2 aromatic carbocycles. The van der Waals surface area contributed by atoms with Crippen molar-refractivity contribution >= 4 is 35.2 Å². The molecule has 6 nitrogen and oxygen atoms in total. The highest BCUT2D eigenvalue weighted by Crippen LogP contribution is 2.35. The van der Waals surface area contributed by atoms with E-state index in [1.165, 1.54) is 9.80 Å². The number of ether oxygens (including phenoxy) is 2. The number of amides is 2. The number of benzene rings is 2. The van der Waals surface area contributed by atoms with E-state index < -0.39 is 11.8 Å². The summed E-state index contributed by atoms with van der Waals surface area (Å²) in [6.45, 7) is 4.20. The lowest BCUT2D eigenvalue weighted by Crippen LogP contribution is -2.52. The van der Waals surface area contributed by atoms with E-state index in [1.54, 1.807) is 39.4 Å². The molecule has 1 aliphatic heterocycles.